The van der Waals surface area contributed by atoms with Crippen molar-refractivity contribution in [2.75, 3.05) is 6.61 Å². The van der Waals surface area contributed by atoms with Crippen LogP contribution >= 0.6 is 0 Å². The number of benzene rings is 1. The minimum atomic E-state index is -0.217. The predicted octanol–water partition coefficient (Wildman–Crippen LogP) is 2.23. The van der Waals surface area contributed by atoms with Gasteiger partial charge in [0.15, 0.2) is 0 Å². The van der Waals surface area contributed by atoms with Crippen LogP contribution in [-0.4, -0.2) is 12.6 Å². The first kappa shape index (κ1) is 12.5. The highest BCUT2D eigenvalue weighted by Gasteiger charge is 2.06. The predicted molar refractivity (Wildman–Crippen MR) is 64.4 cm³/mol. The average Bonchev–Trinajstić information content (AvgIpc) is 2.22. The fourth-order valence-corrected chi connectivity index (χ4v) is 1.46. The number of hydrogen-bond acceptors (Lipinski definition) is 3. The molecule has 1 unspecified atom stereocenters. The molecule has 16 heavy (non-hydrogen) atoms. The molecule has 0 saturated carbocycles. The Bertz CT molecular complexity index is 407. The van der Waals surface area contributed by atoms with Crippen molar-refractivity contribution in [3.8, 4) is 11.8 Å². The van der Waals surface area contributed by atoms with Gasteiger partial charge in [0, 0.05) is 0 Å². The first-order valence-electron chi connectivity index (χ1n) is 5.37. The number of aryl methyl sites for hydroxylation is 3. The van der Waals surface area contributed by atoms with Crippen LogP contribution in [0.3, 0.4) is 0 Å². The molecular formula is C13H18N2O. The van der Waals surface area contributed by atoms with Crippen molar-refractivity contribution in [2.45, 2.75) is 33.2 Å². The van der Waals surface area contributed by atoms with Crippen molar-refractivity contribution in [1.29, 1.82) is 5.26 Å². The van der Waals surface area contributed by atoms with Crippen LogP contribution in [0.5, 0.6) is 5.75 Å². The number of nitriles is 1. The summed E-state index contributed by atoms with van der Waals surface area (Å²) < 4.78 is 5.61. The van der Waals surface area contributed by atoms with E-state index >= 15 is 0 Å². The van der Waals surface area contributed by atoms with Gasteiger partial charge in [0.05, 0.1) is 18.5 Å². The second kappa shape index (κ2) is 5.53. The molecule has 2 N–H and O–H groups in total. The van der Waals surface area contributed by atoms with E-state index < -0.39 is 0 Å². The Morgan fingerprint density at radius 1 is 1.25 bits per heavy atom. The summed E-state index contributed by atoms with van der Waals surface area (Å²) in [4.78, 5) is 0. The second-order valence-electron chi connectivity index (χ2n) is 4.14. The fraction of sp³-hybridized carbons (Fsp3) is 0.462. The summed E-state index contributed by atoms with van der Waals surface area (Å²) in [6.45, 7) is 6.53. The van der Waals surface area contributed by atoms with E-state index in [9.17, 15) is 0 Å². The second-order valence-corrected chi connectivity index (χ2v) is 4.14. The monoisotopic (exact) mass is 218 g/mol. The van der Waals surface area contributed by atoms with E-state index in [4.69, 9.17) is 15.7 Å². The standard InChI is InChI=1S/C13H18N2O/c1-9-6-11(3)13(7-10(9)2)16-8-12(15)4-5-14/h6-7,12H,4,8,15H2,1-3H3. The van der Waals surface area contributed by atoms with Crippen LogP contribution in [0.1, 0.15) is 23.1 Å². The molecule has 0 aliphatic heterocycles. The molecule has 0 saturated heterocycles. The molecule has 0 amide bonds. The highest BCUT2D eigenvalue weighted by Crippen LogP contribution is 2.22. The third-order valence-corrected chi connectivity index (χ3v) is 2.60. The lowest BCUT2D eigenvalue weighted by Crippen LogP contribution is -2.27. The van der Waals surface area contributed by atoms with Crippen LogP contribution in [-0.2, 0) is 0 Å². The van der Waals surface area contributed by atoms with E-state index in [-0.39, 0.29) is 6.04 Å². The zero-order chi connectivity index (χ0) is 12.1. The lowest BCUT2D eigenvalue weighted by atomic mass is 10.1. The zero-order valence-corrected chi connectivity index (χ0v) is 10.1. The first-order chi connectivity index (χ1) is 7.54. The fourth-order valence-electron chi connectivity index (χ4n) is 1.46. The topological polar surface area (TPSA) is 59.0 Å². The Morgan fingerprint density at radius 3 is 2.50 bits per heavy atom. The quantitative estimate of drug-likeness (QED) is 0.843. The minimum absolute atomic E-state index is 0.217. The van der Waals surface area contributed by atoms with E-state index in [2.05, 4.69) is 19.9 Å². The first-order valence-corrected chi connectivity index (χ1v) is 5.37. The van der Waals surface area contributed by atoms with Gasteiger partial charge in [-0.1, -0.05) is 6.07 Å². The molecule has 0 aromatic heterocycles. The van der Waals surface area contributed by atoms with E-state index in [0.29, 0.717) is 13.0 Å². The third-order valence-electron chi connectivity index (χ3n) is 2.60. The summed E-state index contributed by atoms with van der Waals surface area (Å²) in [5.74, 6) is 0.858. The van der Waals surface area contributed by atoms with Gasteiger partial charge in [-0.15, -0.1) is 0 Å². The maximum atomic E-state index is 8.48. The van der Waals surface area contributed by atoms with Gasteiger partial charge in [-0.25, -0.2) is 0 Å². The number of nitrogens with zero attached hydrogens (tertiary/aromatic N) is 1. The summed E-state index contributed by atoms with van der Waals surface area (Å²) in [6.07, 6.45) is 0.323. The molecule has 0 heterocycles. The molecule has 1 aromatic carbocycles. The van der Waals surface area contributed by atoms with Gasteiger partial charge in [0.2, 0.25) is 0 Å². The Balaban J connectivity index is 2.68. The molecule has 0 aliphatic carbocycles. The number of nitrogens with two attached hydrogens (primary N) is 1. The zero-order valence-electron chi connectivity index (χ0n) is 10.1. The number of hydrogen-bond donors (Lipinski definition) is 1. The van der Waals surface area contributed by atoms with Gasteiger partial charge in [0.25, 0.3) is 0 Å². The molecular weight excluding hydrogens is 200 g/mol. The highest BCUT2D eigenvalue weighted by molar-refractivity contribution is 5.40. The van der Waals surface area contributed by atoms with E-state index in [1.54, 1.807) is 0 Å². The Labute approximate surface area is 96.8 Å². The number of ether oxygens (including phenoxy) is 1. The normalized spacial score (nSPS) is 11.9. The van der Waals surface area contributed by atoms with Gasteiger partial charge >= 0.3 is 0 Å². The van der Waals surface area contributed by atoms with Crippen LogP contribution in [0.4, 0.5) is 0 Å². The van der Waals surface area contributed by atoms with E-state index in [0.717, 1.165) is 11.3 Å². The van der Waals surface area contributed by atoms with Gasteiger partial charge in [-0.3, -0.25) is 0 Å². The van der Waals surface area contributed by atoms with Gasteiger partial charge < -0.3 is 10.5 Å². The van der Waals surface area contributed by atoms with Gasteiger partial charge in [0.1, 0.15) is 12.4 Å². The molecule has 3 heteroatoms. The van der Waals surface area contributed by atoms with Crippen LogP contribution in [0.2, 0.25) is 0 Å². The van der Waals surface area contributed by atoms with Crippen LogP contribution in [0.15, 0.2) is 12.1 Å². The van der Waals surface area contributed by atoms with Crippen molar-refractivity contribution in [3.63, 3.8) is 0 Å². The molecule has 1 rings (SSSR count). The Morgan fingerprint density at radius 2 is 1.88 bits per heavy atom. The molecule has 86 valence electrons. The molecule has 0 spiro atoms. The van der Waals surface area contributed by atoms with Gasteiger partial charge in [-0.2, -0.15) is 5.26 Å². The van der Waals surface area contributed by atoms with E-state index in [1.165, 1.54) is 11.1 Å². The summed E-state index contributed by atoms with van der Waals surface area (Å²) >= 11 is 0. The highest BCUT2D eigenvalue weighted by atomic mass is 16.5. The molecule has 1 atom stereocenters. The molecule has 1 aromatic rings. The SMILES string of the molecule is Cc1cc(C)c(OCC(N)CC#N)cc1C. The van der Waals surface area contributed by atoms with Crippen LogP contribution in [0.25, 0.3) is 0 Å². The molecule has 0 radical (unpaired) electrons. The lowest BCUT2D eigenvalue weighted by Gasteiger charge is -2.14. The van der Waals surface area contributed by atoms with Crippen molar-refractivity contribution in [1.82, 2.24) is 0 Å². The lowest BCUT2D eigenvalue weighted by molar-refractivity contribution is 0.288. The van der Waals surface area contributed by atoms with Gasteiger partial charge in [-0.05, 0) is 43.5 Å². The van der Waals surface area contributed by atoms with Crippen molar-refractivity contribution in [2.24, 2.45) is 5.73 Å². The van der Waals surface area contributed by atoms with Crippen LogP contribution in [0, 0.1) is 32.1 Å². The molecule has 0 bridgehead atoms. The van der Waals surface area contributed by atoms with Crippen molar-refractivity contribution >= 4 is 0 Å². The molecule has 0 fully saturated rings. The summed E-state index contributed by atoms with van der Waals surface area (Å²) in [5.41, 5.74) is 9.27. The van der Waals surface area contributed by atoms with Crippen molar-refractivity contribution < 1.29 is 4.74 Å². The summed E-state index contributed by atoms with van der Waals surface area (Å²) in [7, 11) is 0. The third kappa shape index (κ3) is 3.25. The maximum absolute atomic E-state index is 8.48. The maximum Gasteiger partial charge on any atom is 0.122 e. The number of rotatable bonds is 4. The minimum Gasteiger partial charge on any atom is -0.492 e. The van der Waals surface area contributed by atoms with Crippen molar-refractivity contribution in [3.05, 3.63) is 28.8 Å². The van der Waals surface area contributed by atoms with E-state index in [1.807, 2.05) is 19.1 Å². The Kier molecular flexibility index (Phi) is 4.33. The average molecular weight is 218 g/mol. The summed E-state index contributed by atoms with van der Waals surface area (Å²) in [5, 5.41) is 8.48. The molecule has 0 aliphatic rings. The van der Waals surface area contributed by atoms with Crippen LogP contribution < -0.4 is 10.5 Å². The Hall–Kier alpha value is -1.53. The largest absolute Gasteiger partial charge is 0.492 e. The molecule has 3 nitrogen and oxygen atoms in total. The summed E-state index contributed by atoms with van der Waals surface area (Å²) in [6, 6.07) is 5.93. The smallest absolute Gasteiger partial charge is 0.122 e.